The van der Waals surface area contributed by atoms with Gasteiger partial charge >= 0.3 is 0 Å². The molecule has 0 amide bonds. The normalized spacial score (nSPS) is 12.0. The first kappa shape index (κ1) is 13.3. The molecule has 0 saturated carbocycles. The van der Waals surface area contributed by atoms with Gasteiger partial charge < -0.3 is 10.1 Å². The SMILES string of the molecule is CC(C)(C)OCCNc1ccc2ncc(Br)n2n1. The van der Waals surface area contributed by atoms with Crippen molar-refractivity contribution in [1.29, 1.82) is 0 Å². The van der Waals surface area contributed by atoms with Crippen molar-refractivity contribution in [1.82, 2.24) is 14.6 Å². The molecular formula is C12H17BrN4O. The smallest absolute Gasteiger partial charge is 0.154 e. The predicted octanol–water partition coefficient (Wildman–Crippen LogP) is 2.72. The van der Waals surface area contributed by atoms with Gasteiger partial charge in [0, 0.05) is 6.54 Å². The molecule has 18 heavy (non-hydrogen) atoms. The van der Waals surface area contributed by atoms with Crippen LogP contribution in [0.4, 0.5) is 5.82 Å². The van der Waals surface area contributed by atoms with Crippen molar-refractivity contribution < 1.29 is 4.74 Å². The van der Waals surface area contributed by atoms with E-state index in [2.05, 4.69) is 31.3 Å². The summed E-state index contributed by atoms with van der Waals surface area (Å²) in [6, 6.07) is 3.83. The van der Waals surface area contributed by atoms with Crippen LogP contribution in [0, 0.1) is 0 Å². The van der Waals surface area contributed by atoms with Crippen molar-refractivity contribution in [3.63, 3.8) is 0 Å². The number of halogens is 1. The summed E-state index contributed by atoms with van der Waals surface area (Å²) in [5.74, 6) is 0.804. The van der Waals surface area contributed by atoms with E-state index in [4.69, 9.17) is 4.74 Å². The molecule has 6 heteroatoms. The van der Waals surface area contributed by atoms with Crippen LogP contribution in [0.2, 0.25) is 0 Å². The summed E-state index contributed by atoms with van der Waals surface area (Å²) in [7, 11) is 0. The van der Waals surface area contributed by atoms with Crippen molar-refractivity contribution in [3.8, 4) is 0 Å². The van der Waals surface area contributed by atoms with E-state index in [0.29, 0.717) is 6.61 Å². The lowest BCUT2D eigenvalue weighted by molar-refractivity contribution is 0.00330. The quantitative estimate of drug-likeness (QED) is 0.882. The lowest BCUT2D eigenvalue weighted by atomic mass is 10.2. The number of ether oxygens (including phenoxy) is 1. The summed E-state index contributed by atoms with van der Waals surface area (Å²) in [5, 5.41) is 7.63. The van der Waals surface area contributed by atoms with E-state index in [9.17, 15) is 0 Å². The highest BCUT2D eigenvalue weighted by Crippen LogP contribution is 2.13. The molecule has 0 radical (unpaired) electrons. The van der Waals surface area contributed by atoms with Crippen LogP contribution in [0.25, 0.3) is 5.65 Å². The van der Waals surface area contributed by atoms with E-state index in [1.807, 2.05) is 32.9 Å². The summed E-state index contributed by atoms with van der Waals surface area (Å²) < 4.78 is 8.21. The molecule has 0 saturated heterocycles. The summed E-state index contributed by atoms with van der Waals surface area (Å²) in [5.41, 5.74) is 0.713. The number of hydrogen-bond acceptors (Lipinski definition) is 4. The number of aromatic nitrogens is 3. The van der Waals surface area contributed by atoms with Gasteiger partial charge in [-0.1, -0.05) is 0 Å². The molecule has 2 heterocycles. The monoisotopic (exact) mass is 312 g/mol. The Morgan fingerprint density at radius 1 is 1.39 bits per heavy atom. The molecule has 98 valence electrons. The summed E-state index contributed by atoms with van der Waals surface area (Å²) in [6.07, 6.45) is 1.73. The molecule has 5 nitrogen and oxygen atoms in total. The highest BCUT2D eigenvalue weighted by molar-refractivity contribution is 9.10. The molecule has 2 aromatic rings. The molecule has 0 aromatic carbocycles. The van der Waals surface area contributed by atoms with E-state index in [0.717, 1.165) is 22.6 Å². The van der Waals surface area contributed by atoms with Gasteiger partial charge in [-0.2, -0.15) is 0 Å². The predicted molar refractivity (Wildman–Crippen MR) is 74.9 cm³/mol. The van der Waals surface area contributed by atoms with Crippen molar-refractivity contribution in [2.45, 2.75) is 26.4 Å². The Balaban J connectivity index is 1.93. The first-order chi connectivity index (χ1) is 8.46. The lowest BCUT2D eigenvalue weighted by Crippen LogP contribution is -2.23. The Morgan fingerprint density at radius 2 is 2.17 bits per heavy atom. The zero-order valence-electron chi connectivity index (χ0n) is 10.8. The van der Waals surface area contributed by atoms with E-state index in [1.54, 1.807) is 10.7 Å². The zero-order valence-corrected chi connectivity index (χ0v) is 12.4. The summed E-state index contributed by atoms with van der Waals surface area (Å²) in [6.45, 7) is 7.50. The number of nitrogens with zero attached hydrogens (tertiary/aromatic N) is 3. The first-order valence-electron chi connectivity index (χ1n) is 5.84. The number of imidazole rings is 1. The van der Waals surface area contributed by atoms with Gasteiger partial charge in [-0.05, 0) is 48.8 Å². The van der Waals surface area contributed by atoms with Crippen molar-refractivity contribution >= 4 is 27.4 Å². The van der Waals surface area contributed by atoms with Gasteiger partial charge in [0.05, 0.1) is 18.4 Å². The molecule has 2 rings (SSSR count). The van der Waals surface area contributed by atoms with E-state index < -0.39 is 0 Å². The van der Waals surface area contributed by atoms with Gasteiger partial charge in [0.25, 0.3) is 0 Å². The fraction of sp³-hybridized carbons (Fsp3) is 0.500. The number of nitrogens with one attached hydrogen (secondary N) is 1. The van der Waals surface area contributed by atoms with Gasteiger partial charge in [0.1, 0.15) is 10.4 Å². The fourth-order valence-corrected chi connectivity index (χ4v) is 1.84. The standard InChI is InChI=1S/C12H17BrN4O/c1-12(2,3)18-7-6-14-10-4-5-11-15-8-9(13)17(11)16-10/h4-5,8H,6-7H2,1-3H3,(H,14,16). The molecule has 0 aliphatic heterocycles. The van der Waals surface area contributed by atoms with Crippen LogP contribution in [0.1, 0.15) is 20.8 Å². The maximum atomic E-state index is 5.63. The Morgan fingerprint density at radius 3 is 2.89 bits per heavy atom. The third kappa shape index (κ3) is 3.43. The maximum Gasteiger partial charge on any atom is 0.154 e. The molecule has 0 fully saturated rings. The van der Waals surface area contributed by atoms with Gasteiger partial charge in [0.2, 0.25) is 0 Å². The molecule has 2 aromatic heterocycles. The van der Waals surface area contributed by atoms with E-state index in [-0.39, 0.29) is 5.60 Å². The minimum atomic E-state index is -0.105. The molecule has 0 aliphatic rings. The van der Waals surface area contributed by atoms with Crippen LogP contribution in [-0.2, 0) is 4.74 Å². The highest BCUT2D eigenvalue weighted by atomic mass is 79.9. The Kier molecular flexibility index (Phi) is 3.87. The molecule has 0 atom stereocenters. The first-order valence-corrected chi connectivity index (χ1v) is 6.63. The van der Waals surface area contributed by atoms with Crippen LogP contribution >= 0.6 is 15.9 Å². The van der Waals surface area contributed by atoms with E-state index in [1.165, 1.54) is 0 Å². The molecular weight excluding hydrogens is 296 g/mol. The highest BCUT2D eigenvalue weighted by Gasteiger charge is 2.09. The fourth-order valence-electron chi connectivity index (χ4n) is 1.48. The molecule has 0 aliphatic carbocycles. The number of rotatable bonds is 4. The second-order valence-electron chi connectivity index (χ2n) is 4.96. The van der Waals surface area contributed by atoms with Crippen LogP contribution in [-0.4, -0.2) is 33.4 Å². The van der Waals surface area contributed by atoms with Crippen LogP contribution < -0.4 is 5.32 Å². The van der Waals surface area contributed by atoms with Crippen LogP contribution in [0.3, 0.4) is 0 Å². The summed E-state index contributed by atoms with van der Waals surface area (Å²) in [4.78, 5) is 4.19. The number of fused-ring (bicyclic) bond motifs is 1. The van der Waals surface area contributed by atoms with Gasteiger partial charge in [0.15, 0.2) is 5.65 Å². The average molecular weight is 313 g/mol. The third-order valence-electron chi connectivity index (χ3n) is 2.26. The van der Waals surface area contributed by atoms with Crippen molar-refractivity contribution in [2.24, 2.45) is 0 Å². The number of hydrogen-bond donors (Lipinski definition) is 1. The van der Waals surface area contributed by atoms with Crippen molar-refractivity contribution in [3.05, 3.63) is 22.9 Å². The third-order valence-corrected chi connectivity index (χ3v) is 2.80. The molecule has 0 spiro atoms. The number of anilines is 1. The Bertz CT molecular complexity index is 532. The minimum Gasteiger partial charge on any atom is -0.374 e. The molecule has 0 unspecified atom stereocenters. The van der Waals surface area contributed by atoms with Crippen LogP contribution in [0.15, 0.2) is 22.9 Å². The maximum absolute atomic E-state index is 5.63. The zero-order chi connectivity index (χ0) is 13.2. The van der Waals surface area contributed by atoms with Gasteiger partial charge in [-0.15, -0.1) is 5.10 Å². The molecule has 1 N–H and O–H groups in total. The lowest BCUT2D eigenvalue weighted by Gasteiger charge is -2.19. The van der Waals surface area contributed by atoms with E-state index >= 15 is 0 Å². The molecule has 0 bridgehead atoms. The second-order valence-corrected chi connectivity index (χ2v) is 5.77. The Hall–Kier alpha value is -1.14. The van der Waals surface area contributed by atoms with Crippen molar-refractivity contribution in [2.75, 3.05) is 18.5 Å². The largest absolute Gasteiger partial charge is 0.374 e. The minimum absolute atomic E-state index is 0.105. The summed E-state index contributed by atoms with van der Waals surface area (Å²) >= 11 is 3.39. The van der Waals surface area contributed by atoms with Gasteiger partial charge in [-0.3, -0.25) is 0 Å². The second kappa shape index (κ2) is 5.24. The van der Waals surface area contributed by atoms with Crippen LogP contribution in [0.5, 0.6) is 0 Å². The topological polar surface area (TPSA) is 51.5 Å². The Labute approximate surface area is 115 Å². The average Bonchev–Trinajstić information content (AvgIpc) is 2.65. The van der Waals surface area contributed by atoms with Gasteiger partial charge in [-0.25, -0.2) is 9.50 Å².